The molecule has 2 aliphatic rings. The number of amides is 1. The molecule has 0 radical (unpaired) electrons. The van der Waals surface area contributed by atoms with Gasteiger partial charge in [-0.3, -0.25) is 19.5 Å². The van der Waals surface area contributed by atoms with Gasteiger partial charge in [0.15, 0.2) is 0 Å². The molecule has 1 saturated heterocycles. The second-order valence-corrected chi connectivity index (χ2v) is 8.38. The van der Waals surface area contributed by atoms with Crippen LogP contribution in [-0.2, 0) is 6.42 Å². The van der Waals surface area contributed by atoms with Gasteiger partial charge in [0, 0.05) is 57.6 Å². The van der Waals surface area contributed by atoms with Gasteiger partial charge in [-0.05, 0) is 37.3 Å². The van der Waals surface area contributed by atoms with Crippen LogP contribution in [0.3, 0.4) is 0 Å². The summed E-state index contributed by atoms with van der Waals surface area (Å²) in [5.41, 5.74) is 2.01. The number of hydrogen-bond donors (Lipinski definition) is 2. The Hall–Kier alpha value is -2.81. The molecule has 1 aliphatic heterocycles. The lowest BCUT2D eigenvalue weighted by Gasteiger charge is -2.42. The van der Waals surface area contributed by atoms with Crippen molar-refractivity contribution >= 4 is 11.6 Å². The number of H-pyrrole nitrogens is 1. The van der Waals surface area contributed by atoms with E-state index in [4.69, 9.17) is 0 Å². The molecule has 9 heteroatoms. The molecule has 2 aromatic rings. The first-order valence-corrected chi connectivity index (χ1v) is 10.9. The van der Waals surface area contributed by atoms with Crippen molar-refractivity contribution < 1.29 is 9.18 Å². The average Bonchev–Trinajstić information content (AvgIpc) is 2.76. The quantitative estimate of drug-likeness (QED) is 0.678. The van der Waals surface area contributed by atoms with Crippen molar-refractivity contribution in [1.29, 1.82) is 0 Å². The van der Waals surface area contributed by atoms with E-state index >= 15 is 0 Å². The van der Waals surface area contributed by atoms with E-state index in [0.29, 0.717) is 29.6 Å². The van der Waals surface area contributed by atoms with Crippen LogP contribution in [0, 0.1) is 11.9 Å². The number of pyridine rings is 1. The number of aromatic nitrogens is 3. The van der Waals surface area contributed by atoms with E-state index in [2.05, 4.69) is 25.2 Å². The van der Waals surface area contributed by atoms with Crippen LogP contribution in [0.25, 0.3) is 0 Å². The maximum absolute atomic E-state index is 14.4. The van der Waals surface area contributed by atoms with E-state index in [1.165, 1.54) is 7.05 Å². The molecule has 0 aromatic carbocycles. The number of rotatable bonds is 6. The number of carbonyl (C=O) groups excluding carboxylic acids is 1. The molecular weight excluding hydrogens is 399 g/mol. The topological polar surface area (TPSA) is 94.2 Å². The first kappa shape index (κ1) is 21.4. The normalized spacial score (nSPS) is 21.6. The lowest BCUT2D eigenvalue weighted by Crippen LogP contribution is -2.49. The Morgan fingerprint density at radius 2 is 2.00 bits per heavy atom. The molecule has 2 fully saturated rings. The fraction of sp³-hybridized carbons (Fsp3) is 0.545. The fourth-order valence-electron chi connectivity index (χ4n) is 4.49. The van der Waals surface area contributed by atoms with Gasteiger partial charge in [0.1, 0.15) is 11.4 Å². The summed E-state index contributed by atoms with van der Waals surface area (Å²) < 4.78 is 14.4. The molecule has 0 unspecified atom stereocenters. The van der Waals surface area contributed by atoms with Crippen molar-refractivity contribution in [3.8, 4) is 0 Å². The van der Waals surface area contributed by atoms with Gasteiger partial charge >= 0.3 is 0 Å². The van der Waals surface area contributed by atoms with Crippen LogP contribution < -0.4 is 15.8 Å². The third-order valence-electron chi connectivity index (χ3n) is 6.41. The monoisotopic (exact) mass is 428 g/mol. The van der Waals surface area contributed by atoms with Crippen molar-refractivity contribution in [3.05, 3.63) is 51.7 Å². The molecule has 2 N–H and O–H groups in total. The van der Waals surface area contributed by atoms with Gasteiger partial charge in [-0.25, -0.2) is 4.98 Å². The van der Waals surface area contributed by atoms with Crippen LogP contribution in [0.15, 0.2) is 23.1 Å². The number of nitrogens with one attached hydrogen (secondary N) is 2. The van der Waals surface area contributed by atoms with Gasteiger partial charge in [-0.2, -0.15) is 4.39 Å². The minimum atomic E-state index is -0.604. The Kier molecular flexibility index (Phi) is 6.31. The van der Waals surface area contributed by atoms with Gasteiger partial charge < -0.3 is 15.2 Å². The lowest BCUT2D eigenvalue weighted by atomic mass is 9.73. The average molecular weight is 429 g/mol. The number of carbonyl (C=O) groups is 1. The molecule has 1 amide bonds. The Morgan fingerprint density at radius 1 is 1.26 bits per heavy atom. The van der Waals surface area contributed by atoms with Crippen LogP contribution in [0.5, 0.6) is 0 Å². The van der Waals surface area contributed by atoms with E-state index < -0.39 is 11.9 Å². The van der Waals surface area contributed by atoms with Crippen LogP contribution in [0.2, 0.25) is 0 Å². The zero-order valence-corrected chi connectivity index (χ0v) is 18.0. The molecule has 0 bridgehead atoms. The predicted octanol–water partition coefficient (Wildman–Crippen LogP) is 1.54. The highest BCUT2D eigenvalue weighted by Crippen LogP contribution is 2.40. The first-order valence-electron chi connectivity index (χ1n) is 10.9. The summed E-state index contributed by atoms with van der Waals surface area (Å²) in [5.74, 6) is -0.00383. The number of anilines is 1. The zero-order chi connectivity index (χ0) is 22.0. The molecule has 2 aromatic heterocycles. The highest BCUT2D eigenvalue weighted by Gasteiger charge is 2.33. The summed E-state index contributed by atoms with van der Waals surface area (Å²) in [4.78, 5) is 39.1. The standard InChI is InChI=1S/C22H29FN6O2/c1-3-16-22(31)27-18(12-25-16)15-10-14(11-15)13-28-6-8-29(9-7-28)19-5-4-17(21(30)24-2)26-20(19)23/h4-5,12,14-15H,3,6-11,13H2,1-2H3,(H,24,30)(H,27,31). The number of halogens is 1. The van der Waals surface area contributed by atoms with Crippen LogP contribution in [0.1, 0.15) is 47.6 Å². The molecule has 3 heterocycles. The Morgan fingerprint density at radius 3 is 2.61 bits per heavy atom. The maximum Gasteiger partial charge on any atom is 0.269 e. The largest absolute Gasteiger partial charge is 0.365 e. The van der Waals surface area contributed by atoms with Crippen LogP contribution >= 0.6 is 0 Å². The van der Waals surface area contributed by atoms with Crippen molar-refractivity contribution in [2.24, 2.45) is 5.92 Å². The Bertz CT molecular complexity index is 996. The second-order valence-electron chi connectivity index (χ2n) is 8.38. The Labute approximate surface area is 180 Å². The van der Waals surface area contributed by atoms with Gasteiger partial charge in [-0.1, -0.05) is 6.92 Å². The minimum absolute atomic E-state index is 0.0651. The molecule has 0 spiro atoms. The summed E-state index contributed by atoms with van der Waals surface area (Å²) in [6, 6.07) is 3.20. The number of aryl methyl sites for hydroxylation is 1. The SMILES string of the molecule is CCc1ncc(C2CC(CN3CCN(c4ccc(C(=O)NC)nc4F)CC3)C2)[nH]c1=O. The van der Waals surface area contributed by atoms with Gasteiger partial charge in [-0.15, -0.1) is 0 Å². The van der Waals surface area contributed by atoms with Gasteiger partial charge in [0.05, 0.1) is 5.69 Å². The lowest BCUT2D eigenvalue weighted by molar-refractivity contribution is 0.0957. The van der Waals surface area contributed by atoms with Crippen molar-refractivity contribution in [2.75, 3.05) is 44.7 Å². The summed E-state index contributed by atoms with van der Waals surface area (Å²) in [6.45, 7) is 6.13. The number of hydrogen-bond acceptors (Lipinski definition) is 6. The fourth-order valence-corrected chi connectivity index (χ4v) is 4.49. The number of nitrogens with zero attached hydrogens (tertiary/aromatic N) is 4. The third kappa shape index (κ3) is 4.61. The van der Waals surface area contributed by atoms with E-state index in [0.717, 1.165) is 51.3 Å². The summed E-state index contributed by atoms with van der Waals surface area (Å²) in [6.07, 6.45) is 4.58. The summed E-state index contributed by atoms with van der Waals surface area (Å²) >= 11 is 0. The van der Waals surface area contributed by atoms with E-state index in [1.54, 1.807) is 12.1 Å². The summed E-state index contributed by atoms with van der Waals surface area (Å²) in [7, 11) is 1.50. The smallest absolute Gasteiger partial charge is 0.269 e. The van der Waals surface area contributed by atoms with E-state index in [1.807, 2.05) is 18.0 Å². The number of aromatic amines is 1. The highest BCUT2D eigenvalue weighted by atomic mass is 19.1. The molecule has 1 aliphatic carbocycles. The van der Waals surface area contributed by atoms with Crippen molar-refractivity contribution in [3.63, 3.8) is 0 Å². The van der Waals surface area contributed by atoms with E-state index in [-0.39, 0.29) is 11.3 Å². The number of piperazine rings is 1. The first-order chi connectivity index (χ1) is 15.0. The molecule has 166 valence electrons. The molecule has 31 heavy (non-hydrogen) atoms. The molecule has 8 nitrogen and oxygen atoms in total. The van der Waals surface area contributed by atoms with Crippen LogP contribution in [-0.4, -0.2) is 65.5 Å². The third-order valence-corrected chi connectivity index (χ3v) is 6.41. The summed E-state index contributed by atoms with van der Waals surface area (Å²) in [5, 5.41) is 2.45. The molecule has 4 rings (SSSR count). The highest BCUT2D eigenvalue weighted by molar-refractivity contribution is 5.92. The molecular formula is C22H29FN6O2. The molecule has 0 atom stereocenters. The van der Waals surface area contributed by atoms with Crippen molar-refractivity contribution in [2.45, 2.75) is 32.1 Å². The Balaban J connectivity index is 1.26. The van der Waals surface area contributed by atoms with Crippen LogP contribution in [0.4, 0.5) is 10.1 Å². The second kappa shape index (κ2) is 9.13. The zero-order valence-electron chi connectivity index (χ0n) is 18.0. The van der Waals surface area contributed by atoms with Crippen molar-refractivity contribution in [1.82, 2.24) is 25.2 Å². The molecule has 1 saturated carbocycles. The minimum Gasteiger partial charge on any atom is -0.365 e. The van der Waals surface area contributed by atoms with Gasteiger partial charge in [0.25, 0.3) is 11.5 Å². The van der Waals surface area contributed by atoms with E-state index in [9.17, 15) is 14.0 Å². The maximum atomic E-state index is 14.4. The van der Waals surface area contributed by atoms with Gasteiger partial charge in [0.2, 0.25) is 5.95 Å². The predicted molar refractivity (Wildman–Crippen MR) is 116 cm³/mol.